The van der Waals surface area contributed by atoms with Gasteiger partial charge in [0.1, 0.15) is 11.0 Å². The molecule has 6 heteroatoms. The van der Waals surface area contributed by atoms with Crippen molar-refractivity contribution < 1.29 is 14.3 Å². The Morgan fingerprint density at radius 2 is 2.11 bits per heavy atom. The van der Waals surface area contributed by atoms with Gasteiger partial charge in [-0.05, 0) is 5.56 Å². The highest BCUT2D eigenvalue weighted by Crippen LogP contribution is 2.07. The third kappa shape index (κ3) is 3.81. The molecule has 18 heavy (non-hydrogen) atoms. The Balaban J connectivity index is 2.77. The Kier molecular flexibility index (Phi) is 5.26. The lowest BCUT2D eigenvalue weighted by molar-refractivity contribution is -0.144. The van der Waals surface area contributed by atoms with Crippen LogP contribution in [0.15, 0.2) is 24.3 Å². The van der Waals surface area contributed by atoms with Gasteiger partial charge < -0.3 is 15.8 Å². The van der Waals surface area contributed by atoms with Gasteiger partial charge in [0, 0.05) is 12.0 Å². The van der Waals surface area contributed by atoms with Gasteiger partial charge in [0.05, 0.1) is 7.11 Å². The van der Waals surface area contributed by atoms with Crippen LogP contribution in [0.2, 0.25) is 0 Å². The Labute approximate surface area is 110 Å². The maximum Gasteiger partial charge on any atom is 0.328 e. The van der Waals surface area contributed by atoms with Crippen molar-refractivity contribution >= 4 is 29.6 Å². The van der Waals surface area contributed by atoms with E-state index in [0.717, 1.165) is 11.1 Å². The van der Waals surface area contributed by atoms with E-state index >= 15 is 0 Å². The molecule has 0 aromatic heterocycles. The molecule has 1 atom stereocenters. The number of nitrogens with one attached hydrogen (secondary N) is 1. The molecule has 0 aliphatic carbocycles. The molecule has 1 rings (SSSR count). The summed E-state index contributed by atoms with van der Waals surface area (Å²) in [6, 6.07) is 6.45. The van der Waals surface area contributed by atoms with E-state index in [1.807, 2.05) is 0 Å². The number of ether oxygens (including phenoxy) is 1. The zero-order valence-electron chi connectivity index (χ0n) is 9.88. The van der Waals surface area contributed by atoms with E-state index in [1.165, 1.54) is 7.11 Å². The zero-order valence-corrected chi connectivity index (χ0v) is 10.7. The molecule has 0 saturated carbocycles. The number of methoxy groups -OCH3 is 1. The number of amides is 1. The van der Waals surface area contributed by atoms with Crippen LogP contribution in [0.4, 0.5) is 0 Å². The number of thiocarbonyl (C=S) groups is 1. The molecule has 0 aliphatic rings. The number of rotatable bonds is 6. The molecule has 0 spiro atoms. The Bertz CT molecular complexity index is 445. The number of benzene rings is 1. The van der Waals surface area contributed by atoms with Crippen molar-refractivity contribution in [2.75, 3.05) is 7.11 Å². The van der Waals surface area contributed by atoms with Crippen molar-refractivity contribution in [2.24, 2.45) is 5.73 Å². The van der Waals surface area contributed by atoms with Gasteiger partial charge in [-0.2, -0.15) is 0 Å². The van der Waals surface area contributed by atoms with Crippen LogP contribution < -0.4 is 11.1 Å². The summed E-state index contributed by atoms with van der Waals surface area (Å²) in [7, 11) is 1.28. The number of hydrogen-bond acceptors (Lipinski definition) is 4. The van der Waals surface area contributed by atoms with Crippen LogP contribution in [0.1, 0.15) is 11.1 Å². The number of esters is 1. The first kappa shape index (κ1) is 14.1. The van der Waals surface area contributed by atoms with Gasteiger partial charge in [-0.25, -0.2) is 4.79 Å². The molecule has 1 unspecified atom stereocenters. The van der Waals surface area contributed by atoms with Crippen LogP contribution in [-0.4, -0.2) is 30.5 Å². The van der Waals surface area contributed by atoms with E-state index in [2.05, 4.69) is 10.1 Å². The number of carbonyl (C=O) groups is 2. The van der Waals surface area contributed by atoms with Crippen molar-refractivity contribution in [2.45, 2.75) is 12.5 Å². The van der Waals surface area contributed by atoms with Crippen LogP contribution >= 0.6 is 12.2 Å². The summed E-state index contributed by atoms with van der Waals surface area (Å²) in [4.78, 5) is 22.1. The van der Waals surface area contributed by atoms with E-state index in [9.17, 15) is 9.59 Å². The normalized spacial score (nSPS) is 11.4. The Hall–Kier alpha value is -1.95. The van der Waals surface area contributed by atoms with Crippen molar-refractivity contribution in [3.8, 4) is 0 Å². The molecule has 3 N–H and O–H groups in total. The predicted octanol–water partition coefficient (Wildman–Crippen LogP) is 0.151. The minimum Gasteiger partial charge on any atom is -0.467 e. The van der Waals surface area contributed by atoms with Crippen LogP contribution in [-0.2, 0) is 20.7 Å². The molecule has 0 saturated heterocycles. The standard InChI is InChI=1S/C12H14N2O3S/c1-17-12(16)10(14-7-15)6-8-2-4-9(5-3-8)11(13)18/h2-5,7,10H,6H2,1H3,(H2,13,18)(H,14,15). The largest absolute Gasteiger partial charge is 0.467 e. The average Bonchev–Trinajstić information content (AvgIpc) is 2.38. The summed E-state index contributed by atoms with van der Waals surface area (Å²) in [5.41, 5.74) is 7.11. The summed E-state index contributed by atoms with van der Waals surface area (Å²) < 4.78 is 4.60. The monoisotopic (exact) mass is 266 g/mol. The maximum absolute atomic E-state index is 11.4. The van der Waals surface area contributed by atoms with Crippen LogP contribution in [0.25, 0.3) is 0 Å². The second-order valence-corrected chi connectivity index (χ2v) is 4.07. The topological polar surface area (TPSA) is 81.4 Å². The predicted molar refractivity (Wildman–Crippen MR) is 71.0 cm³/mol. The van der Waals surface area contributed by atoms with Crippen molar-refractivity contribution in [3.05, 3.63) is 35.4 Å². The summed E-state index contributed by atoms with van der Waals surface area (Å²) in [6.45, 7) is 0. The number of hydrogen-bond donors (Lipinski definition) is 2. The van der Waals surface area contributed by atoms with E-state index < -0.39 is 12.0 Å². The minimum absolute atomic E-state index is 0.317. The van der Waals surface area contributed by atoms with Gasteiger partial charge in [-0.15, -0.1) is 0 Å². The van der Waals surface area contributed by atoms with Crippen molar-refractivity contribution in [3.63, 3.8) is 0 Å². The summed E-state index contributed by atoms with van der Waals surface area (Å²) in [6.07, 6.45) is 0.827. The summed E-state index contributed by atoms with van der Waals surface area (Å²) >= 11 is 4.84. The quantitative estimate of drug-likeness (QED) is 0.435. The zero-order chi connectivity index (χ0) is 13.5. The van der Waals surface area contributed by atoms with Crippen LogP contribution in [0, 0.1) is 0 Å². The molecule has 0 radical (unpaired) electrons. The lowest BCUT2D eigenvalue weighted by Gasteiger charge is -2.13. The smallest absolute Gasteiger partial charge is 0.328 e. The summed E-state index contributed by atoms with van der Waals surface area (Å²) in [5, 5.41) is 2.41. The van der Waals surface area contributed by atoms with Crippen molar-refractivity contribution in [1.82, 2.24) is 5.32 Å². The van der Waals surface area contributed by atoms with Gasteiger partial charge in [0.15, 0.2) is 0 Å². The van der Waals surface area contributed by atoms with Crippen LogP contribution in [0.5, 0.6) is 0 Å². The molecule has 5 nitrogen and oxygen atoms in total. The molecule has 0 fully saturated rings. The first-order valence-corrected chi connectivity index (χ1v) is 5.65. The molecule has 1 aromatic rings. The minimum atomic E-state index is -0.692. The summed E-state index contributed by atoms with van der Waals surface area (Å²) in [5.74, 6) is -0.486. The average molecular weight is 266 g/mol. The molecule has 0 heterocycles. The fourth-order valence-electron chi connectivity index (χ4n) is 1.48. The highest BCUT2D eigenvalue weighted by molar-refractivity contribution is 7.80. The molecular formula is C12H14N2O3S. The Morgan fingerprint density at radius 1 is 1.50 bits per heavy atom. The van der Waals surface area contributed by atoms with E-state index in [4.69, 9.17) is 18.0 Å². The van der Waals surface area contributed by atoms with E-state index in [-0.39, 0.29) is 0 Å². The van der Waals surface area contributed by atoms with Crippen LogP contribution in [0.3, 0.4) is 0 Å². The van der Waals surface area contributed by atoms with Gasteiger partial charge in [-0.3, -0.25) is 4.79 Å². The second kappa shape index (κ2) is 6.70. The molecule has 1 amide bonds. The lowest BCUT2D eigenvalue weighted by Crippen LogP contribution is -2.38. The third-order valence-corrected chi connectivity index (χ3v) is 2.67. The fourth-order valence-corrected chi connectivity index (χ4v) is 1.61. The molecule has 96 valence electrons. The first-order chi connectivity index (χ1) is 8.58. The highest BCUT2D eigenvalue weighted by atomic mass is 32.1. The fraction of sp³-hybridized carbons (Fsp3) is 0.250. The van der Waals surface area contributed by atoms with Gasteiger partial charge in [-0.1, -0.05) is 36.5 Å². The van der Waals surface area contributed by atoms with Gasteiger partial charge >= 0.3 is 5.97 Å². The molecule has 1 aromatic carbocycles. The molecule has 0 bridgehead atoms. The number of nitrogens with two attached hydrogens (primary N) is 1. The van der Waals surface area contributed by atoms with Gasteiger partial charge in [0.25, 0.3) is 0 Å². The Morgan fingerprint density at radius 3 is 2.56 bits per heavy atom. The van der Waals surface area contributed by atoms with Gasteiger partial charge in [0.2, 0.25) is 6.41 Å². The molecule has 0 aliphatic heterocycles. The highest BCUT2D eigenvalue weighted by Gasteiger charge is 2.18. The van der Waals surface area contributed by atoms with E-state index in [0.29, 0.717) is 17.8 Å². The molecular weight excluding hydrogens is 252 g/mol. The third-order valence-electron chi connectivity index (χ3n) is 2.43. The lowest BCUT2D eigenvalue weighted by atomic mass is 10.0. The number of carbonyl (C=O) groups excluding carboxylic acids is 2. The maximum atomic E-state index is 11.4. The second-order valence-electron chi connectivity index (χ2n) is 3.63. The first-order valence-electron chi connectivity index (χ1n) is 5.24. The van der Waals surface area contributed by atoms with E-state index in [1.54, 1.807) is 24.3 Å². The SMILES string of the molecule is COC(=O)C(Cc1ccc(C(N)=S)cc1)NC=O. The van der Waals surface area contributed by atoms with Crippen molar-refractivity contribution in [1.29, 1.82) is 0 Å².